The molecular weight excluding hydrogens is 454 g/mol. The predicted molar refractivity (Wildman–Crippen MR) is 117 cm³/mol. The molecule has 2 aliphatic rings. The molecule has 0 spiro atoms. The molecule has 0 radical (unpaired) electrons. The van der Waals surface area contributed by atoms with Gasteiger partial charge in [-0.15, -0.1) is 0 Å². The second kappa shape index (κ2) is 8.62. The zero-order valence-electron chi connectivity index (χ0n) is 17.1. The van der Waals surface area contributed by atoms with Gasteiger partial charge in [0.15, 0.2) is 11.5 Å². The maximum absolute atomic E-state index is 13.1. The quantitative estimate of drug-likeness (QED) is 0.563. The maximum atomic E-state index is 13.1. The van der Waals surface area contributed by atoms with E-state index in [4.69, 9.17) is 9.47 Å². The highest BCUT2D eigenvalue weighted by Crippen LogP contribution is 2.32. The van der Waals surface area contributed by atoms with Crippen molar-refractivity contribution in [2.24, 2.45) is 0 Å². The molecule has 0 aliphatic carbocycles. The molecule has 1 N–H and O–H groups in total. The Morgan fingerprint density at radius 2 is 1.88 bits per heavy atom. The van der Waals surface area contributed by atoms with Crippen LogP contribution in [0.15, 0.2) is 41.3 Å². The number of rotatable bonds is 6. The molecule has 1 amide bonds. The molecule has 1 saturated heterocycles. The van der Waals surface area contributed by atoms with E-state index >= 15 is 0 Å². The number of carbonyl (C=O) groups is 1. The van der Waals surface area contributed by atoms with Gasteiger partial charge >= 0.3 is 0 Å². The number of carbonyl (C=O) groups excluding carboxylic acids is 1. The second-order valence-corrected chi connectivity index (χ2v) is 9.97. The van der Waals surface area contributed by atoms with Gasteiger partial charge in [-0.25, -0.2) is 8.42 Å². The van der Waals surface area contributed by atoms with E-state index in [-0.39, 0.29) is 24.1 Å². The van der Waals surface area contributed by atoms with Crippen molar-refractivity contribution in [2.75, 3.05) is 39.5 Å². The number of hydrogen-bond acceptors (Lipinski definition) is 9. The summed E-state index contributed by atoms with van der Waals surface area (Å²) in [6, 6.07) is 10.6. The highest BCUT2D eigenvalue weighted by Gasteiger charge is 2.31. The number of piperazine rings is 1. The van der Waals surface area contributed by atoms with E-state index in [2.05, 4.69) is 14.1 Å². The summed E-state index contributed by atoms with van der Waals surface area (Å²) in [6.45, 7) is 2.38. The van der Waals surface area contributed by atoms with Crippen molar-refractivity contribution in [2.45, 2.75) is 11.4 Å². The number of aromatic nitrogens is 2. The molecule has 0 atom stereocenters. The first-order chi connectivity index (χ1) is 15.5. The van der Waals surface area contributed by atoms with Crippen molar-refractivity contribution >= 4 is 38.7 Å². The van der Waals surface area contributed by atoms with E-state index in [1.54, 1.807) is 18.2 Å². The summed E-state index contributed by atoms with van der Waals surface area (Å²) in [5, 5.41) is 2.90. The molecule has 0 unspecified atom stereocenters. The molecule has 10 nitrogen and oxygen atoms in total. The number of nitrogens with zero attached hydrogens (tertiary/aromatic N) is 4. The Bertz CT molecular complexity index is 1250. The molecule has 12 heteroatoms. The van der Waals surface area contributed by atoms with E-state index in [0.29, 0.717) is 55.3 Å². The fourth-order valence-corrected chi connectivity index (χ4v) is 5.94. The van der Waals surface area contributed by atoms with Crippen LogP contribution in [0.5, 0.6) is 11.5 Å². The minimum absolute atomic E-state index is 0.114. The van der Waals surface area contributed by atoms with Crippen LogP contribution in [0.25, 0.3) is 11.0 Å². The standard InChI is InChI=1S/C20H21N5O5S2/c26-19(21-11-14-4-5-16-17(10-14)30-13-29-16)12-24-6-8-25(9-7-24)32(27,28)18-3-1-2-15-20(18)23-31-22-15/h1-5,10H,6-9,11-13H2,(H,21,26). The molecule has 0 saturated carbocycles. The van der Waals surface area contributed by atoms with Gasteiger partial charge in [0.1, 0.15) is 15.9 Å². The molecule has 1 fully saturated rings. The summed E-state index contributed by atoms with van der Waals surface area (Å²) >= 11 is 0.997. The number of benzene rings is 2. The van der Waals surface area contributed by atoms with Gasteiger partial charge in [-0.2, -0.15) is 13.1 Å². The number of fused-ring (bicyclic) bond motifs is 2. The lowest BCUT2D eigenvalue weighted by Crippen LogP contribution is -2.51. The average Bonchev–Trinajstić information content (AvgIpc) is 3.46. The minimum atomic E-state index is -3.67. The van der Waals surface area contributed by atoms with Gasteiger partial charge in [0.2, 0.25) is 22.7 Å². The van der Waals surface area contributed by atoms with Crippen molar-refractivity contribution in [1.82, 2.24) is 23.3 Å². The lowest BCUT2D eigenvalue weighted by Gasteiger charge is -2.33. The first-order valence-electron chi connectivity index (χ1n) is 10.1. The van der Waals surface area contributed by atoms with Crippen LogP contribution >= 0.6 is 11.7 Å². The summed E-state index contributed by atoms with van der Waals surface area (Å²) < 4.78 is 46.6. The minimum Gasteiger partial charge on any atom is -0.454 e. The monoisotopic (exact) mass is 475 g/mol. The summed E-state index contributed by atoms with van der Waals surface area (Å²) in [5.41, 5.74) is 1.90. The molecule has 0 bridgehead atoms. The summed E-state index contributed by atoms with van der Waals surface area (Å²) in [7, 11) is -3.67. The fourth-order valence-electron chi connectivity index (χ4n) is 3.77. The van der Waals surface area contributed by atoms with Crippen LogP contribution in [0.1, 0.15) is 5.56 Å². The van der Waals surface area contributed by atoms with Crippen molar-refractivity contribution in [3.05, 3.63) is 42.0 Å². The van der Waals surface area contributed by atoms with E-state index in [1.165, 1.54) is 4.31 Å². The van der Waals surface area contributed by atoms with Crippen LogP contribution in [0, 0.1) is 0 Å². The van der Waals surface area contributed by atoms with E-state index < -0.39 is 10.0 Å². The third-order valence-electron chi connectivity index (χ3n) is 5.49. The van der Waals surface area contributed by atoms with Gasteiger partial charge in [-0.3, -0.25) is 9.69 Å². The van der Waals surface area contributed by atoms with Crippen LogP contribution in [0.3, 0.4) is 0 Å². The van der Waals surface area contributed by atoms with E-state index in [0.717, 1.165) is 17.3 Å². The Labute approximate surface area is 189 Å². The van der Waals surface area contributed by atoms with Gasteiger partial charge in [-0.05, 0) is 29.8 Å². The largest absolute Gasteiger partial charge is 0.454 e. The van der Waals surface area contributed by atoms with Crippen LogP contribution in [0.4, 0.5) is 0 Å². The Hall–Kier alpha value is -2.80. The first-order valence-corrected chi connectivity index (χ1v) is 12.3. The van der Waals surface area contributed by atoms with Crippen molar-refractivity contribution < 1.29 is 22.7 Å². The molecule has 3 aromatic rings. The van der Waals surface area contributed by atoms with Crippen LogP contribution in [-0.4, -0.2) is 71.8 Å². The van der Waals surface area contributed by atoms with Gasteiger partial charge < -0.3 is 14.8 Å². The summed E-state index contributed by atoms with van der Waals surface area (Å²) in [4.78, 5) is 14.5. The van der Waals surface area contributed by atoms with Gasteiger partial charge in [0.25, 0.3) is 0 Å². The predicted octanol–water partition coefficient (Wildman–Crippen LogP) is 1.04. The Morgan fingerprint density at radius 1 is 1.06 bits per heavy atom. The summed E-state index contributed by atoms with van der Waals surface area (Å²) in [5.74, 6) is 1.27. The lowest BCUT2D eigenvalue weighted by atomic mass is 10.2. The molecule has 2 aliphatic heterocycles. The third-order valence-corrected chi connectivity index (χ3v) is 7.96. The normalized spacial score (nSPS) is 17.0. The Balaban J connectivity index is 1.14. The number of sulfonamides is 1. The van der Waals surface area contributed by atoms with Crippen molar-refractivity contribution in [3.8, 4) is 11.5 Å². The first kappa shape index (κ1) is 21.1. The summed E-state index contributed by atoms with van der Waals surface area (Å²) in [6.07, 6.45) is 0. The highest BCUT2D eigenvalue weighted by atomic mass is 32.2. The molecule has 3 heterocycles. The van der Waals surface area contributed by atoms with Crippen LogP contribution in [0.2, 0.25) is 0 Å². The molecule has 1 aromatic heterocycles. The Kier molecular flexibility index (Phi) is 5.67. The van der Waals surface area contributed by atoms with Crippen molar-refractivity contribution in [1.29, 1.82) is 0 Å². The molecule has 2 aromatic carbocycles. The molecular formula is C20H21N5O5S2. The van der Waals surface area contributed by atoms with E-state index in [1.807, 2.05) is 23.1 Å². The van der Waals surface area contributed by atoms with Crippen molar-refractivity contribution in [3.63, 3.8) is 0 Å². The topological polar surface area (TPSA) is 114 Å². The fraction of sp³-hybridized carbons (Fsp3) is 0.350. The second-order valence-electron chi connectivity index (χ2n) is 7.53. The maximum Gasteiger partial charge on any atom is 0.245 e. The van der Waals surface area contributed by atoms with Crippen LogP contribution in [-0.2, 0) is 21.4 Å². The van der Waals surface area contributed by atoms with E-state index in [9.17, 15) is 13.2 Å². The van der Waals surface area contributed by atoms with Crippen LogP contribution < -0.4 is 14.8 Å². The SMILES string of the molecule is O=C(CN1CCN(S(=O)(=O)c2cccc3nsnc23)CC1)NCc1ccc2c(c1)OCO2. The van der Waals surface area contributed by atoms with Gasteiger partial charge in [0.05, 0.1) is 18.3 Å². The molecule has 5 rings (SSSR count). The zero-order valence-corrected chi connectivity index (χ0v) is 18.7. The molecule has 32 heavy (non-hydrogen) atoms. The lowest BCUT2D eigenvalue weighted by molar-refractivity contribution is -0.122. The van der Waals surface area contributed by atoms with Gasteiger partial charge in [-0.1, -0.05) is 12.1 Å². The highest BCUT2D eigenvalue weighted by molar-refractivity contribution is 7.89. The number of amides is 1. The van der Waals surface area contributed by atoms with Gasteiger partial charge in [0, 0.05) is 32.7 Å². The zero-order chi connectivity index (χ0) is 22.1. The average molecular weight is 476 g/mol. The number of hydrogen-bond donors (Lipinski definition) is 1. The number of nitrogens with one attached hydrogen (secondary N) is 1. The number of ether oxygens (including phenoxy) is 2. The third kappa shape index (κ3) is 4.13. The molecule has 168 valence electrons. The smallest absolute Gasteiger partial charge is 0.245 e. The Morgan fingerprint density at radius 3 is 2.72 bits per heavy atom.